The Kier molecular flexibility index (Phi) is 1.62. The number of nitrogens with zero attached hydrogens (tertiary/aromatic N) is 2. The van der Waals surface area contributed by atoms with Crippen LogP contribution < -0.4 is 5.32 Å². The second-order valence-electron chi connectivity index (χ2n) is 3.96. The van der Waals surface area contributed by atoms with Crippen molar-refractivity contribution in [2.45, 2.75) is 26.3 Å². The first-order chi connectivity index (χ1) is 6.08. The third-order valence-corrected chi connectivity index (χ3v) is 2.12. The molecule has 1 aromatic rings. The van der Waals surface area contributed by atoms with Gasteiger partial charge in [-0.2, -0.15) is 0 Å². The molecule has 1 aliphatic rings. The first-order valence-corrected chi connectivity index (χ1v) is 4.36. The monoisotopic (exact) mass is 175 g/mol. The molecule has 2 heterocycles. The average Bonchev–Trinajstić information content (AvgIpc) is 2.02. The van der Waals surface area contributed by atoms with E-state index in [0.717, 1.165) is 11.4 Å². The van der Waals surface area contributed by atoms with Crippen LogP contribution in [0.25, 0.3) is 5.57 Å². The molecule has 0 fully saturated rings. The van der Waals surface area contributed by atoms with E-state index in [1.54, 1.807) is 6.33 Å². The van der Waals surface area contributed by atoms with Gasteiger partial charge >= 0.3 is 0 Å². The van der Waals surface area contributed by atoms with Gasteiger partial charge in [-0.1, -0.05) is 6.08 Å². The van der Waals surface area contributed by atoms with E-state index in [1.165, 1.54) is 5.57 Å². The quantitative estimate of drug-likeness (QED) is 0.656. The van der Waals surface area contributed by atoms with Crippen molar-refractivity contribution >= 4 is 11.3 Å². The first kappa shape index (κ1) is 8.23. The summed E-state index contributed by atoms with van der Waals surface area (Å²) in [5.74, 6) is 0. The lowest BCUT2D eigenvalue weighted by molar-refractivity contribution is 0.703. The highest BCUT2D eigenvalue weighted by Crippen LogP contribution is 2.30. The van der Waals surface area contributed by atoms with Crippen molar-refractivity contribution in [2.24, 2.45) is 0 Å². The van der Waals surface area contributed by atoms with Gasteiger partial charge in [-0.25, -0.2) is 9.97 Å². The lowest BCUT2D eigenvalue weighted by Crippen LogP contribution is -2.31. The fourth-order valence-corrected chi connectivity index (χ4v) is 1.73. The van der Waals surface area contributed by atoms with Crippen LogP contribution in [0.4, 0.5) is 5.69 Å². The van der Waals surface area contributed by atoms with E-state index >= 15 is 0 Å². The van der Waals surface area contributed by atoms with Crippen LogP contribution in [0.3, 0.4) is 0 Å². The molecule has 0 amide bonds. The largest absolute Gasteiger partial charge is 0.374 e. The number of fused-ring (bicyclic) bond motifs is 1. The molecule has 0 unspecified atom stereocenters. The van der Waals surface area contributed by atoms with Crippen LogP contribution in [0.2, 0.25) is 0 Å². The highest BCUT2D eigenvalue weighted by atomic mass is 15.0. The zero-order chi connectivity index (χ0) is 9.47. The molecule has 0 radical (unpaired) electrons. The molecule has 0 spiro atoms. The summed E-state index contributed by atoms with van der Waals surface area (Å²) in [4.78, 5) is 8.22. The summed E-state index contributed by atoms with van der Waals surface area (Å²) in [6, 6.07) is 0. The zero-order valence-corrected chi connectivity index (χ0v) is 8.13. The van der Waals surface area contributed by atoms with Crippen LogP contribution in [0.1, 0.15) is 26.5 Å². The van der Waals surface area contributed by atoms with Crippen LogP contribution in [0.5, 0.6) is 0 Å². The minimum atomic E-state index is 0.00178. The van der Waals surface area contributed by atoms with Crippen LogP contribution in [-0.4, -0.2) is 15.5 Å². The molecule has 3 heteroatoms. The number of rotatable bonds is 0. The Balaban J connectivity index is 2.55. The van der Waals surface area contributed by atoms with Crippen molar-refractivity contribution in [3.05, 3.63) is 24.3 Å². The van der Waals surface area contributed by atoms with Crippen molar-refractivity contribution in [1.29, 1.82) is 0 Å². The predicted octanol–water partition coefficient (Wildman–Crippen LogP) is 2.08. The highest BCUT2D eigenvalue weighted by Gasteiger charge is 2.22. The van der Waals surface area contributed by atoms with Crippen LogP contribution in [0.15, 0.2) is 18.6 Å². The molecule has 0 aromatic carbocycles. The molecule has 3 nitrogen and oxygen atoms in total. The third kappa shape index (κ3) is 1.41. The normalized spacial score (nSPS) is 18.5. The van der Waals surface area contributed by atoms with Gasteiger partial charge in [0.2, 0.25) is 0 Å². The fourth-order valence-electron chi connectivity index (χ4n) is 1.73. The van der Waals surface area contributed by atoms with E-state index in [4.69, 9.17) is 0 Å². The van der Waals surface area contributed by atoms with E-state index in [1.807, 2.05) is 6.20 Å². The molecule has 0 saturated carbocycles. The summed E-state index contributed by atoms with van der Waals surface area (Å²) in [6.07, 6.45) is 5.58. The Bertz CT molecular complexity index is 366. The number of nitrogens with one attached hydrogen (secondary N) is 1. The summed E-state index contributed by atoms with van der Waals surface area (Å²) in [5.41, 5.74) is 3.24. The number of hydrogen-bond acceptors (Lipinski definition) is 3. The molecule has 1 aliphatic heterocycles. The minimum absolute atomic E-state index is 0.00178. The third-order valence-electron chi connectivity index (χ3n) is 2.12. The molecule has 0 atom stereocenters. The van der Waals surface area contributed by atoms with Gasteiger partial charge in [0.1, 0.15) is 6.33 Å². The summed E-state index contributed by atoms with van der Waals surface area (Å²) in [5, 5.41) is 3.37. The van der Waals surface area contributed by atoms with Crippen molar-refractivity contribution in [1.82, 2.24) is 9.97 Å². The van der Waals surface area contributed by atoms with Crippen LogP contribution in [0, 0.1) is 0 Å². The van der Waals surface area contributed by atoms with Crippen LogP contribution in [-0.2, 0) is 0 Å². The maximum Gasteiger partial charge on any atom is 0.116 e. The van der Waals surface area contributed by atoms with Crippen molar-refractivity contribution in [3.8, 4) is 0 Å². The molecule has 68 valence electrons. The second kappa shape index (κ2) is 2.55. The lowest BCUT2D eigenvalue weighted by atomic mass is 9.95. The summed E-state index contributed by atoms with van der Waals surface area (Å²) in [7, 11) is 0. The van der Waals surface area contributed by atoms with Gasteiger partial charge in [0.15, 0.2) is 0 Å². The summed E-state index contributed by atoms with van der Waals surface area (Å²) < 4.78 is 0. The number of aromatic nitrogens is 2. The Labute approximate surface area is 77.9 Å². The Hall–Kier alpha value is -1.38. The van der Waals surface area contributed by atoms with E-state index in [-0.39, 0.29) is 5.54 Å². The topological polar surface area (TPSA) is 37.8 Å². The van der Waals surface area contributed by atoms with Gasteiger partial charge < -0.3 is 5.32 Å². The van der Waals surface area contributed by atoms with Gasteiger partial charge in [0.25, 0.3) is 0 Å². The molecular formula is C10H13N3. The SMILES string of the molecule is CC1=CC(C)(C)Nc2cncnc21. The molecule has 0 saturated heterocycles. The van der Waals surface area contributed by atoms with Gasteiger partial charge in [-0.3, -0.25) is 0 Å². The highest BCUT2D eigenvalue weighted by molar-refractivity contribution is 5.76. The molecule has 0 aliphatic carbocycles. The van der Waals surface area contributed by atoms with Crippen molar-refractivity contribution in [2.75, 3.05) is 5.32 Å². The first-order valence-electron chi connectivity index (χ1n) is 4.36. The van der Waals surface area contributed by atoms with Crippen molar-refractivity contribution in [3.63, 3.8) is 0 Å². The van der Waals surface area contributed by atoms with Gasteiger partial charge in [0.05, 0.1) is 23.1 Å². The lowest BCUT2D eigenvalue weighted by Gasteiger charge is -2.30. The van der Waals surface area contributed by atoms with E-state index < -0.39 is 0 Å². The van der Waals surface area contributed by atoms with E-state index in [9.17, 15) is 0 Å². The molecule has 1 N–H and O–H groups in total. The maximum absolute atomic E-state index is 4.22. The zero-order valence-electron chi connectivity index (χ0n) is 8.13. The summed E-state index contributed by atoms with van der Waals surface area (Å²) in [6.45, 7) is 6.34. The van der Waals surface area contributed by atoms with E-state index in [0.29, 0.717) is 0 Å². The van der Waals surface area contributed by atoms with Crippen molar-refractivity contribution < 1.29 is 0 Å². The summed E-state index contributed by atoms with van der Waals surface area (Å²) >= 11 is 0. The molecule has 2 rings (SSSR count). The smallest absolute Gasteiger partial charge is 0.116 e. The van der Waals surface area contributed by atoms with Crippen LogP contribution >= 0.6 is 0 Å². The Morgan fingerprint density at radius 1 is 1.38 bits per heavy atom. The molecule has 1 aromatic heterocycles. The van der Waals surface area contributed by atoms with Gasteiger partial charge in [-0.05, 0) is 26.3 Å². The number of allylic oxidation sites excluding steroid dienone is 1. The van der Waals surface area contributed by atoms with Gasteiger partial charge in [0, 0.05) is 0 Å². The predicted molar refractivity (Wildman–Crippen MR) is 53.4 cm³/mol. The maximum atomic E-state index is 4.22. The number of hydrogen-bond donors (Lipinski definition) is 1. The standard InChI is InChI=1S/C10H13N3/c1-7-4-10(2,3)13-8-5-11-6-12-9(7)8/h4-6,13H,1-3H3. The second-order valence-corrected chi connectivity index (χ2v) is 3.96. The molecule has 13 heavy (non-hydrogen) atoms. The average molecular weight is 175 g/mol. The number of anilines is 1. The van der Waals surface area contributed by atoms with Gasteiger partial charge in [-0.15, -0.1) is 0 Å². The fraction of sp³-hybridized carbons (Fsp3) is 0.400. The Morgan fingerprint density at radius 2 is 2.15 bits per heavy atom. The minimum Gasteiger partial charge on any atom is -0.374 e. The van der Waals surface area contributed by atoms with E-state index in [2.05, 4.69) is 42.1 Å². The Morgan fingerprint density at radius 3 is 2.92 bits per heavy atom. The molecule has 0 bridgehead atoms. The molecular weight excluding hydrogens is 162 g/mol.